The third kappa shape index (κ3) is 52.6. The van der Waals surface area contributed by atoms with Crippen LogP contribution in [0.5, 0.6) is 0 Å². The zero-order valence-electron chi connectivity index (χ0n) is 44.2. The zero-order chi connectivity index (χ0) is 47.9. The van der Waals surface area contributed by atoms with Crippen LogP contribution in [0, 0.1) is 0 Å². The molecule has 6 heteroatoms. The summed E-state index contributed by atoms with van der Waals surface area (Å²) in [6, 6.07) is 0. The van der Waals surface area contributed by atoms with E-state index in [1.54, 1.807) is 0 Å². The van der Waals surface area contributed by atoms with Crippen molar-refractivity contribution in [1.29, 1.82) is 0 Å². The predicted octanol–water partition coefficient (Wildman–Crippen LogP) is 19.3. The number of hydrogen-bond donors (Lipinski definition) is 0. The largest absolute Gasteiger partial charge is 0.462 e. The van der Waals surface area contributed by atoms with Crippen LogP contribution in [0.25, 0.3) is 0 Å². The van der Waals surface area contributed by atoms with Gasteiger partial charge in [0.25, 0.3) is 0 Å². The molecule has 0 saturated carbocycles. The molecule has 0 aliphatic rings. The third-order valence-corrected chi connectivity index (χ3v) is 12.8. The Morgan fingerprint density at radius 1 is 0.288 bits per heavy atom. The molecular formula is C60H110O6. The number of hydrogen-bond acceptors (Lipinski definition) is 6. The van der Waals surface area contributed by atoms with Gasteiger partial charge in [-0.1, -0.05) is 237 Å². The monoisotopic (exact) mass is 927 g/mol. The second-order valence-electron chi connectivity index (χ2n) is 19.5. The summed E-state index contributed by atoms with van der Waals surface area (Å²) >= 11 is 0. The lowest BCUT2D eigenvalue weighted by Crippen LogP contribution is -2.30. The van der Waals surface area contributed by atoms with Crippen molar-refractivity contribution in [1.82, 2.24) is 0 Å². The van der Waals surface area contributed by atoms with Gasteiger partial charge in [0.15, 0.2) is 6.10 Å². The fourth-order valence-corrected chi connectivity index (χ4v) is 8.44. The highest BCUT2D eigenvalue weighted by molar-refractivity contribution is 5.71. The fourth-order valence-electron chi connectivity index (χ4n) is 8.44. The number of rotatable bonds is 53. The molecule has 0 bridgehead atoms. The van der Waals surface area contributed by atoms with Gasteiger partial charge in [0, 0.05) is 19.3 Å². The minimum Gasteiger partial charge on any atom is -0.462 e. The molecule has 0 aromatic heterocycles. The summed E-state index contributed by atoms with van der Waals surface area (Å²) in [7, 11) is 0. The van der Waals surface area contributed by atoms with Crippen molar-refractivity contribution >= 4 is 17.9 Å². The second kappa shape index (κ2) is 55.2. The average Bonchev–Trinajstić information content (AvgIpc) is 3.31. The van der Waals surface area contributed by atoms with Crippen molar-refractivity contribution in [2.24, 2.45) is 0 Å². The normalized spacial score (nSPS) is 12.2. The first-order valence-corrected chi connectivity index (χ1v) is 29.0. The Hall–Kier alpha value is -2.37. The highest BCUT2D eigenvalue weighted by Gasteiger charge is 2.19. The predicted molar refractivity (Wildman–Crippen MR) is 284 cm³/mol. The van der Waals surface area contributed by atoms with Gasteiger partial charge in [0.2, 0.25) is 0 Å². The number of esters is 3. The van der Waals surface area contributed by atoms with Gasteiger partial charge in [-0.3, -0.25) is 14.4 Å². The van der Waals surface area contributed by atoms with Gasteiger partial charge in [0.1, 0.15) is 13.2 Å². The zero-order valence-corrected chi connectivity index (χ0v) is 44.2. The maximum atomic E-state index is 12.8. The van der Waals surface area contributed by atoms with E-state index in [2.05, 4.69) is 57.2 Å². The summed E-state index contributed by atoms with van der Waals surface area (Å²) in [5.41, 5.74) is 0. The van der Waals surface area contributed by atoms with E-state index in [0.29, 0.717) is 19.3 Å². The molecule has 0 N–H and O–H groups in total. The molecule has 0 fully saturated rings. The summed E-state index contributed by atoms with van der Waals surface area (Å²) in [5, 5.41) is 0. The number of carbonyl (C=O) groups is 3. The van der Waals surface area contributed by atoms with Gasteiger partial charge in [-0.25, -0.2) is 0 Å². The van der Waals surface area contributed by atoms with Gasteiger partial charge in [-0.2, -0.15) is 0 Å². The Balaban J connectivity index is 4.26. The highest BCUT2D eigenvalue weighted by atomic mass is 16.6. The first-order chi connectivity index (χ1) is 32.5. The van der Waals surface area contributed by atoms with E-state index in [0.717, 1.165) is 70.6 Å². The Bertz CT molecular complexity index is 1110. The lowest BCUT2D eigenvalue weighted by molar-refractivity contribution is -0.167. The number of carbonyl (C=O) groups excluding carboxylic acids is 3. The smallest absolute Gasteiger partial charge is 0.306 e. The molecule has 0 aliphatic heterocycles. The summed E-state index contributed by atoms with van der Waals surface area (Å²) in [6.07, 6.45) is 65.7. The van der Waals surface area contributed by atoms with Crippen molar-refractivity contribution in [2.45, 2.75) is 316 Å². The summed E-state index contributed by atoms with van der Waals surface area (Å²) in [5.74, 6) is -0.879. The first-order valence-electron chi connectivity index (χ1n) is 29.0. The molecule has 0 radical (unpaired) electrons. The minimum atomic E-state index is -0.776. The summed E-state index contributed by atoms with van der Waals surface area (Å²) in [4.78, 5) is 38.1. The molecule has 0 aromatic carbocycles. The Labute approximate surface area is 410 Å². The molecule has 0 amide bonds. The van der Waals surface area contributed by atoms with Gasteiger partial charge in [0.05, 0.1) is 0 Å². The van der Waals surface area contributed by atoms with Crippen molar-refractivity contribution in [3.63, 3.8) is 0 Å². The van der Waals surface area contributed by atoms with E-state index < -0.39 is 6.10 Å². The molecule has 0 spiro atoms. The van der Waals surface area contributed by atoms with Gasteiger partial charge >= 0.3 is 17.9 Å². The third-order valence-electron chi connectivity index (χ3n) is 12.8. The Morgan fingerprint density at radius 2 is 0.530 bits per heavy atom. The number of allylic oxidation sites excluding steroid dienone is 6. The van der Waals surface area contributed by atoms with E-state index >= 15 is 0 Å². The molecule has 0 heterocycles. The molecule has 0 aromatic rings. The lowest BCUT2D eigenvalue weighted by atomic mass is 10.1. The summed E-state index contributed by atoms with van der Waals surface area (Å²) in [6.45, 7) is 6.60. The van der Waals surface area contributed by atoms with Crippen LogP contribution in [0.15, 0.2) is 36.5 Å². The van der Waals surface area contributed by atoms with Crippen LogP contribution >= 0.6 is 0 Å². The number of unbranched alkanes of at least 4 members (excludes halogenated alkanes) is 36. The Kier molecular flexibility index (Phi) is 53.2. The molecule has 0 rings (SSSR count). The van der Waals surface area contributed by atoms with E-state index in [4.69, 9.17) is 14.2 Å². The Morgan fingerprint density at radius 3 is 0.818 bits per heavy atom. The second-order valence-corrected chi connectivity index (χ2v) is 19.5. The van der Waals surface area contributed by atoms with Crippen LogP contribution in [0.4, 0.5) is 0 Å². The molecular weight excluding hydrogens is 817 g/mol. The van der Waals surface area contributed by atoms with E-state index in [1.807, 2.05) is 0 Å². The highest BCUT2D eigenvalue weighted by Crippen LogP contribution is 2.16. The standard InChI is InChI=1S/C60H110O6/c1-4-7-10-13-16-19-22-24-26-28-29-30-31-33-34-36-38-41-44-47-50-53-59(62)65-56-57(55-64-58(61)52-49-46-43-40-21-18-15-12-9-6-3)66-60(63)54-51-48-45-42-39-37-35-32-27-25-23-20-17-14-11-8-5-2/h12,15,25,27-29,57H,4-11,13-14,16-24,26,30-56H2,1-3H3/b15-12-,27-25-,29-28-. The van der Waals surface area contributed by atoms with Gasteiger partial charge in [-0.05, 0) is 89.9 Å². The molecule has 0 aliphatic carbocycles. The van der Waals surface area contributed by atoms with Crippen LogP contribution in [0.1, 0.15) is 310 Å². The quantitative estimate of drug-likeness (QED) is 0.0262. The van der Waals surface area contributed by atoms with Crippen LogP contribution in [0.3, 0.4) is 0 Å². The maximum Gasteiger partial charge on any atom is 0.306 e. The SMILES string of the molecule is CCC/C=C\CCCCCCCC(=O)OCC(COC(=O)CCCCCCCCCCC/C=C\CCCCCCCCCC)OC(=O)CCCCCCCCC/C=C\CCCCCCCC. The van der Waals surface area contributed by atoms with E-state index in [-0.39, 0.29) is 31.1 Å². The average molecular weight is 928 g/mol. The fraction of sp³-hybridized carbons (Fsp3) is 0.850. The van der Waals surface area contributed by atoms with Crippen LogP contribution < -0.4 is 0 Å². The van der Waals surface area contributed by atoms with E-state index in [1.165, 1.54) is 199 Å². The molecule has 386 valence electrons. The summed E-state index contributed by atoms with van der Waals surface area (Å²) < 4.78 is 16.8. The molecule has 66 heavy (non-hydrogen) atoms. The molecule has 1 unspecified atom stereocenters. The van der Waals surface area contributed by atoms with Crippen molar-refractivity contribution in [3.05, 3.63) is 36.5 Å². The van der Waals surface area contributed by atoms with Crippen molar-refractivity contribution in [3.8, 4) is 0 Å². The molecule has 0 saturated heterocycles. The van der Waals surface area contributed by atoms with Crippen LogP contribution in [0.2, 0.25) is 0 Å². The first kappa shape index (κ1) is 63.6. The van der Waals surface area contributed by atoms with Crippen LogP contribution in [-0.4, -0.2) is 37.2 Å². The number of ether oxygens (including phenoxy) is 3. The van der Waals surface area contributed by atoms with Crippen molar-refractivity contribution < 1.29 is 28.6 Å². The van der Waals surface area contributed by atoms with Gasteiger partial charge in [-0.15, -0.1) is 0 Å². The van der Waals surface area contributed by atoms with Crippen LogP contribution in [-0.2, 0) is 28.6 Å². The maximum absolute atomic E-state index is 12.8. The van der Waals surface area contributed by atoms with Crippen molar-refractivity contribution in [2.75, 3.05) is 13.2 Å². The minimum absolute atomic E-state index is 0.0756. The molecule has 1 atom stereocenters. The van der Waals surface area contributed by atoms with Gasteiger partial charge < -0.3 is 14.2 Å². The molecule has 6 nitrogen and oxygen atoms in total. The van der Waals surface area contributed by atoms with E-state index in [9.17, 15) is 14.4 Å². The lowest BCUT2D eigenvalue weighted by Gasteiger charge is -2.18. The topological polar surface area (TPSA) is 78.9 Å².